The molecule has 22 heavy (non-hydrogen) atoms. The molecule has 1 amide bonds. The molecule has 0 saturated carbocycles. The van der Waals surface area contributed by atoms with Crippen molar-refractivity contribution in [3.63, 3.8) is 0 Å². The Morgan fingerprint density at radius 3 is 2.73 bits per heavy atom. The number of piperidine rings is 1. The van der Waals surface area contributed by atoms with E-state index in [2.05, 4.69) is 20.2 Å². The molecule has 0 bridgehead atoms. The molecule has 2 aliphatic heterocycles. The van der Waals surface area contributed by atoms with Crippen molar-refractivity contribution in [1.29, 1.82) is 0 Å². The van der Waals surface area contributed by atoms with Gasteiger partial charge in [0.15, 0.2) is 0 Å². The molecule has 3 rings (SSSR count). The minimum Gasteiger partial charge on any atom is -0.481 e. The van der Waals surface area contributed by atoms with Crippen molar-refractivity contribution in [1.82, 2.24) is 20.2 Å². The minimum atomic E-state index is -0.878. The van der Waals surface area contributed by atoms with Crippen LogP contribution in [-0.2, 0) is 16.1 Å². The average molecular weight is 304 g/mol. The molecule has 2 N–H and O–H groups in total. The van der Waals surface area contributed by atoms with Crippen molar-refractivity contribution in [3.8, 4) is 0 Å². The number of nitrogens with one attached hydrogen (secondary N) is 1. The van der Waals surface area contributed by atoms with Gasteiger partial charge < -0.3 is 10.4 Å². The van der Waals surface area contributed by atoms with E-state index in [9.17, 15) is 14.7 Å². The second kappa shape index (κ2) is 5.64. The number of likely N-dealkylation sites (tertiary alicyclic amines) is 1. The fourth-order valence-corrected chi connectivity index (χ4v) is 3.51. The molecule has 2 aliphatic rings. The van der Waals surface area contributed by atoms with Crippen LogP contribution in [0.15, 0.2) is 12.4 Å². The Bertz CT molecular complexity index is 596. The SMILES string of the molecule is Cc1nccnc1CN1CCC2(CC1)NC(=O)C[C@@H]2C(=O)O. The van der Waals surface area contributed by atoms with Crippen LogP contribution in [-0.4, -0.2) is 50.5 Å². The Labute approximate surface area is 128 Å². The van der Waals surface area contributed by atoms with Gasteiger partial charge in [-0.3, -0.25) is 24.5 Å². The van der Waals surface area contributed by atoms with Crippen molar-refractivity contribution in [3.05, 3.63) is 23.8 Å². The maximum Gasteiger partial charge on any atom is 0.309 e. The van der Waals surface area contributed by atoms with E-state index in [1.54, 1.807) is 12.4 Å². The van der Waals surface area contributed by atoms with Crippen molar-refractivity contribution in [2.75, 3.05) is 13.1 Å². The minimum absolute atomic E-state index is 0.0958. The Morgan fingerprint density at radius 2 is 2.09 bits per heavy atom. The molecule has 1 aromatic rings. The van der Waals surface area contributed by atoms with Crippen LogP contribution in [0.1, 0.15) is 30.7 Å². The number of carboxylic acid groups (broad SMARTS) is 1. The van der Waals surface area contributed by atoms with E-state index in [-0.39, 0.29) is 12.3 Å². The van der Waals surface area contributed by atoms with Gasteiger partial charge in [-0.1, -0.05) is 0 Å². The zero-order valence-corrected chi connectivity index (χ0v) is 12.6. The molecule has 1 atom stereocenters. The van der Waals surface area contributed by atoms with Crippen LogP contribution in [0.25, 0.3) is 0 Å². The highest BCUT2D eigenvalue weighted by Gasteiger charge is 2.51. The third-order valence-corrected chi connectivity index (χ3v) is 4.85. The first-order chi connectivity index (χ1) is 10.5. The summed E-state index contributed by atoms with van der Waals surface area (Å²) < 4.78 is 0. The fraction of sp³-hybridized carbons (Fsp3) is 0.600. The van der Waals surface area contributed by atoms with Gasteiger partial charge in [-0.25, -0.2) is 0 Å². The first-order valence-corrected chi connectivity index (χ1v) is 7.53. The van der Waals surface area contributed by atoms with Crippen molar-refractivity contribution in [2.24, 2.45) is 5.92 Å². The molecule has 118 valence electrons. The number of nitrogens with zero attached hydrogens (tertiary/aromatic N) is 3. The molecular formula is C15H20N4O3. The third-order valence-electron chi connectivity index (χ3n) is 4.85. The predicted molar refractivity (Wildman–Crippen MR) is 77.9 cm³/mol. The highest BCUT2D eigenvalue weighted by atomic mass is 16.4. The number of hydrogen-bond donors (Lipinski definition) is 2. The Balaban J connectivity index is 1.66. The average Bonchev–Trinajstić information content (AvgIpc) is 2.81. The monoisotopic (exact) mass is 304 g/mol. The number of aryl methyl sites for hydroxylation is 1. The van der Waals surface area contributed by atoms with E-state index in [1.165, 1.54) is 0 Å². The summed E-state index contributed by atoms with van der Waals surface area (Å²) >= 11 is 0. The van der Waals surface area contributed by atoms with E-state index in [0.717, 1.165) is 24.5 Å². The van der Waals surface area contributed by atoms with Crippen molar-refractivity contribution < 1.29 is 14.7 Å². The second-order valence-corrected chi connectivity index (χ2v) is 6.16. The molecule has 0 aromatic carbocycles. The maximum absolute atomic E-state index is 11.6. The highest BCUT2D eigenvalue weighted by molar-refractivity contribution is 5.88. The van der Waals surface area contributed by atoms with Crippen LogP contribution >= 0.6 is 0 Å². The Kier molecular flexibility index (Phi) is 3.82. The lowest BCUT2D eigenvalue weighted by Gasteiger charge is -2.41. The fourth-order valence-electron chi connectivity index (χ4n) is 3.51. The van der Waals surface area contributed by atoms with E-state index >= 15 is 0 Å². The van der Waals surface area contributed by atoms with E-state index in [0.29, 0.717) is 19.4 Å². The zero-order valence-electron chi connectivity index (χ0n) is 12.6. The maximum atomic E-state index is 11.6. The zero-order chi connectivity index (χ0) is 15.7. The van der Waals surface area contributed by atoms with Crippen LogP contribution < -0.4 is 5.32 Å². The van der Waals surface area contributed by atoms with Crippen molar-refractivity contribution >= 4 is 11.9 Å². The smallest absolute Gasteiger partial charge is 0.309 e. The van der Waals surface area contributed by atoms with Gasteiger partial charge in [-0.05, 0) is 19.8 Å². The van der Waals surface area contributed by atoms with E-state index < -0.39 is 17.4 Å². The van der Waals surface area contributed by atoms with Crippen LogP contribution in [0.3, 0.4) is 0 Å². The molecule has 2 fully saturated rings. The summed E-state index contributed by atoms with van der Waals surface area (Å²) in [5.41, 5.74) is 1.29. The van der Waals surface area contributed by atoms with Crippen molar-refractivity contribution in [2.45, 2.75) is 38.3 Å². The first-order valence-electron chi connectivity index (χ1n) is 7.53. The van der Waals surface area contributed by atoms with Crippen LogP contribution in [0.2, 0.25) is 0 Å². The molecular weight excluding hydrogens is 284 g/mol. The Morgan fingerprint density at radius 1 is 1.41 bits per heavy atom. The number of hydrogen-bond acceptors (Lipinski definition) is 5. The molecule has 7 nitrogen and oxygen atoms in total. The van der Waals surface area contributed by atoms with E-state index in [4.69, 9.17) is 0 Å². The van der Waals surface area contributed by atoms with E-state index in [1.807, 2.05) is 6.92 Å². The van der Waals surface area contributed by atoms with Gasteiger partial charge in [0, 0.05) is 38.4 Å². The van der Waals surface area contributed by atoms with Gasteiger partial charge in [0.25, 0.3) is 0 Å². The number of aliphatic carboxylic acids is 1. The number of carbonyl (C=O) groups excluding carboxylic acids is 1. The Hall–Kier alpha value is -2.02. The molecule has 2 saturated heterocycles. The number of aromatic nitrogens is 2. The number of carbonyl (C=O) groups is 2. The summed E-state index contributed by atoms with van der Waals surface area (Å²) in [6.07, 6.45) is 4.78. The number of carboxylic acids is 1. The van der Waals surface area contributed by atoms with Gasteiger partial charge in [0.2, 0.25) is 5.91 Å². The second-order valence-electron chi connectivity index (χ2n) is 6.16. The van der Waals surface area contributed by atoms with Gasteiger partial charge in [0.05, 0.1) is 22.8 Å². The van der Waals surface area contributed by atoms with Gasteiger partial charge in [-0.15, -0.1) is 0 Å². The topological polar surface area (TPSA) is 95.4 Å². The molecule has 3 heterocycles. The predicted octanol–water partition coefficient (Wildman–Crippen LogP) is 0.340. The van der Waals surface area contributed by atoms with Crippen LogP contribution in [0, 0.1) is 12.8 Å². The molecule has 1 spiro atoms. The number of rotatable bonds is 3. The summed E-state index contributed by atoms with van der Waals surface area (Å²) in [5, 5.41) is 12.3. The molecule has 0 aliphatic carbocycles. The molecule has 7 heteroatoms. The highest BCUT2D eigenvalue weighted by Crippen LogP contribution is 2.37. The van der Waals surface area contributed by atoms with Crippen LogP contribution in [0.5, 0.6) is 0 Å². The lowest BCUT2D eigenvalue weighted by atomic mass is 9.77. The van der Waals surface area contributed by atoms with Gasteiger partial charge >= 0.3 is 5.97 Å². The summed E-state index contributed by atoms with van der Waals surface area (Å²) in [6.45, 7) is 4.15. The quantitative estimate of drug-likeness (QED) is 0.836. The standard InChI is InChI=1S/C15H20N4O3/c1-10-12(17-5-4-16-10)9-19-6-2-15(3-7-19)11(14(21)22)8-13(20)18-15/h4-5,11H,2-3,6-9H2,1H3,(H,18,20)(H,21,22)/t11-/m1/s1. The molecule has 1 aromatic heterocycles. The lowest BCUT2D eigenvalue weighted by Crippen LogP contribution is -2.55. The number of amides is 1. The summed E-state index contributed by atoms with van der Waals surface area (Å²) in [4.78, 5) is 33.9. The first kappa shape index (κ1) is 14.9. The summed E-state index contributed by atoms with van der Waals surface area (Å²) in [7, 11) is 0. The van der Waals surface area contributed by atoms with Gasteiger partial charge in [0.1, 0.15) is 0 Å². The summed E-state index contributed by atoms with van der Waals surface area (Å²) in [5.74, 6) is -1.64. The summed E-state index contributed by atoms with van der Waals surface area (Å²) in [6, 6.07) is 0. The largest absolute Gasteiger partial charge is 0.481 e. The lowest BCUT2D eigenvalue weighted by molar-refractivity contribution is -0.144. The van der Waals surface area contributed by atoms with Gasteiger partial charge in [-0.2, -0.15) is 0 Å². The molecule has 0 unspecified atom stereocenters. The molecule has 0 radical (unpaired) electrons. The third kappa shape index (κ3) is 2.68. The van der Waals surface area contributed by atoms with Crippen LogP contribution in [0.4, 0.5) is 0 Å². The normalized spacial score (nSPS) is 24.4.